The quantitative estimate of drug-likeness (QED) is 0.876. The van der Waals surface area contributed by atoms with Gasteiger partial charge in [0.15, 0.2) is 0 Å². The highest BCUT2D eigenvalue weighted by atomic mass is 32.1. The second-order valence-electron chi connectivity index (χ2n) is 6.34. The van der Waals surface area contributed by atoms with E-state index in [4.69, 9.17) is 0 Å². The summed E-state index contributed by atoms with van der Waals surface area (Å²) in [5, 5.41) is 15.4. The predicted molar refractivity (Wildman–Crippen MR) is 81.3 cm³/mol. The van der Waals surface area contributed by atoms with Crippen LogP contribution in [0.4, 0.5) is 9.93 Å². The molecule has 2 amide bonds. The number of anilines is 1. The first-order valence-corrected chi connectivity index (χ1v) is 7.76. The van der Waals surface area contributed by atoms with Crippen molar-refractivity contribution in [2.45, 2.75) is 45.1 Å². The number of urea groups is 1. The fourth-order valence-corrected chi connectivity index (χ4v) is 2.84. The lowest BCUT2D eigenvalue weighted by atomic mass is 9.98. The van der Waals surface area contributed by atoms with Gasteiger partial charge in [0.25, 0.3) is 0 Å². The van der Waals surface area contributed by atoms with Crippen molar-refractivity contribution in [2.24, 2.45) is 0 Å². The standard InChI is InChI=1S/C13H23N5OS/c1-13(2,3)10-16-17-12(20-10)15-11(19)14-9-5-7-18(4)8-6-9/h9H,5-8H2,1-4H3,(H2,14,15,17,19). The molecule has 1 aliphatic rings. The van der Waals surface area contributed by atoms with Crippen LogP contribution in [-0.2, 0) is 5.41 Å². The van der Waals surface area contributed by atoms with E-state index in [1.165, 1.54) is 11.3 Å². The number of rotatable bonds is 2. The van der Waals surface area contributed by atoms with Crippen molar-refractivity contribution in [3.63, 3.8) is 0 Å². The first kappa shape index (κ1) is 15.2. The van der Waals surface area contributed by atoms with Crippen LogP contribution in [0.5, 0.6) is 0 Å². The zero-order valence-electron chi connectivity index (χ0n) is 12.6. The lowest BCUT2D eigenvalue weighted by Crippen LogP contribution is -2.44. The molecule has 112 valence electrons. The highest BCUT2D eigenvalue weighted by Gasteiger charge is 2.21. The summed E-state index contributed by atoms with van der Waals surface area (Å²) >= 11 is 1.43. The molecule has 0 atom stereocenters. The molecule has 7 heteroatoms. The number of carbonyl (C=O) groups is 1. The minimum atomic E-state index is -0.184. The van der Waals surface area contributed by atoms with Crippen molar-refractivity contribution < 1.29 is 4.79 Å². The zero-order valence-corrected chi connectivity index (χ0v) is 13.4. The first-order valence-electron chi connectivity index (χ1n) is 6.94. The average molecular weight is 297 g/mol. The molecule has 0 saturated carbocycles. The van der Waals surface area contributed by atoms with Gasteiger partial charge in [-0.2, -0.15) is 0 Å². The third kappa shape index (κ3) is 4.14. The highest BCUT2D eigenvalue weighted by molar-refractivity contribution is 7.15. The summed E-state index contributed by atoms with van der Waals surface area (Å²) in [6, 6.07) is 0.0670. The van der Waals surface area contributed by atoms with Crippen LogP contribution in [0.15, 0.2) is 0 Å². The molecule has 1 saturated heterocycles. The smallest absolute Gasteiger partial charge is 0.321 e. The van der Waals surface area contributed by atoms with E-state index in [-0.39, 0.29) is 17.5 Å². The van der Waals surface area contributed by atoms with E-state index in [2.05, 4.69) is 53.5 Å². The minimum Gasteiger partial charge on any atom is -0.335 e. The molecule has 1 fully saturated rings. The van der Waals surface area contributed by atoms with Crippen LogP contribution in [-0.4, -0.2) is 47.3 Å². The third-order valence-electron chi connectivity index (χ3n) is 3.34. The molecule has 0 aromatic carbocycles. The van der Waals surface area contributed by atoms with Crippen LogP contribution >= 0.6 is 11.3 Å². The molecule has 0 bridgehead atoms. The number of nitrogens with one attached hydrogen (secondary N) is 2. The first-order chi connectivity index (χ1) is 9.34. The van der Waals surface area contributed by atoms with Crippen LogP contribution in [0.2, 0.25) is 0 Å². The van der Waals surface area contributed by atoms with Crippen molar-refractivity contribution in [1.82, 2.24) is 20.4 Å². The Labute approximate surface area is 124 Å². The molecule has 0 unspecified atom stereocenters. The van der Waals surface area contributed by atoms with Crippen LogP contribution in [0.25, 0.3) is 0 Å². The number of hydrogen-bond donors (Lipinski definition) is 2. The number of carbonyl (C=O) groups excluding carboxylic acids is 1. The Bertz CT molecular complexity index is 460. The number of aromatic nitrogens is 2. The molecule has 2 heterocycles. The molecule has 6 nitrogen and oxygen atoms in total. The molecule has 0 radical (unpaired) electrons. The Morgan fingerprint density at radius 3 is 2.50 bits per heavy atom. The van der Waals surface area contributed by atoms with Crippen LogP contribution in [0.1, 0.15) is 38.6 Å². The topological polar surface area (TPSA) is 70.2 Å². The zero-order chi connectivity index (χ0) is 14.8. The molecule has 2 rings (SSSR count). The number of piperidine rings is 1. The molecule has 1 aromatic heterocycles. The monoisotopic (exact) mass is 297 g/mol. The average Bonchev–Trinajstić information content (AvgIpc) is 2.80. The number of amides is 2. The summed E-state index contributed by atoms with van der Waals surface area (Å²) in [4.78, 5) is 14.2. The fraction of sp³-hybridized carbons (Fsp3) is 0.769. The van der Waals surface area contributed by atoms with E-state index in [1.54, 1.807) is 0 Å². The maximum atomic E-state index is 11.9. The summed E-state index contributed by atoms with van der Waals surface area (Å²) in [6.07, 6.45) is 1.99. The van der Waals surface area contributed by atoms with Gasteiger partial charge in [-0.25, -0.2) is 4.79 Å². The minimum absolute atomic E-state index is 0.0397. The lowest BCUT2D eigenvalue weighted by Gasteiger charge is -2.29. The Hall–Kier alpha value is -1.21. The van der Waals surface area contributed by atoms with Crippen molar-refractivity contribution in [1.29, 1.82) is 0 Å². The van der Waals surface area contributed by atoms with Crippen LogP contribution in [0.3, 0.4) is 0 Å². The van der Waals surface area contributed by atoms with Gasteiger partial charge in [0.1, 0.15) is 5.01 Å². The molecule has 1 aromatic rings. The van der Waals surface area contributed by atoms with E-state index in [9.17, 15) is 4.79 Å². The van der Waals surface area contributed by atoms with Crippen LogP contribution < -0.4 is 10.6 Å². The van der Waals surface area contributed by atoms with Gasteiger partial charge in [-0.15, -0.1) is 10.2 Å². The van der Waals surface area contributed by atoms with Gasteiger partial charge in [-0.1, -0.05) is 32.1 Å². The van der Waals surface area contributed by atoms with Gasteiger partial charge in [0, 0.05) is 11.5 Å². The summed E-state index contributed by atoms with van der Waals surface area (Å²) in [7, 11) is 2.10. The van der Waals surface area contributed by atoms with Gasteiger partial charge < -0.3 is 10.2 Å². The number of likely N-dealkylation sites (tertiary alicyclic amines) is 1. The second kappa shape index (κ2) is 6.05. The van der Waals surface area contributed by atoms with Crippen LogP contribution in [0, 0.1) is 0 Å². The van der Waals surface area contributed by atoms with Crippen molar-refractivity contribution in [2.75, 3.05) is 25.5 Å². The molecular weight excluding hydrogens is 274 g/mol. The Morgan fingerprint density at radius 1 is 1.30 bits per heavy atom. The fourth-order valence-electron chi connectivity index (χ4n) is 2.05. The Morgan fingerprint density at radius 2 is 1.95 bits per heavy atom. The number of nitrogens with zero attached hydrogens (tertiary/aromatic N) is 3. The van der Waals surface area contributed by atoms with E-state index in [0.717, 1.165) is 30.9 Å². The van der Waals surface area contributed by atoms with E-state index < -0.39 is 0 Å². The molecule has 0 spiro atoms. The van der Waals surface area contributed by atoms with Gasteiger partial charge in [-0.05, 0) is 33.0 Å². The second-order valence-corrected chi connectivity index (χ2v) is 7.32. The summed E-state index contributed by atoms with van der Waals surface area (Å²) in [5.41, 5.74) is -0.0397. The van der Waals surface area contributed by atoms with Gasteiger partial charge in [-0.3, -0.25) is 5.32 Å². The summed E-state index contributed by atoms with van der Waals surface area (Å²) < 4.78 is 0. The van der Waals surface area contributed by atoms with E-state index >= 15 is 0 Å². The van der Waals surface area contributed by atoms with Gasteiger partial charge >= 0.3 is 6.03 Å². The van der Waals surface area contributed by atoms with Crippen molar-refractivity contribution in [3.05, 3.63) is 5.01 Å². The van der Waals surface area contributed by atoms with E-state index in [1.807, 2.05) is 0 Å². The highest BCUT2D eigenvalue weighted by Crippen LogP contribution is 2.27. The molecule has 0 aliphatic carbocycles. The van der Waals surface area contributed by atoms with E-state index in [0.29, 0.717) is 5.13 Å². The Balaban J connectivity index is 1.84. The lowest BCUT2D eigenvalue weighted by molar-refractivity contribution is 0.221. The maximum Gasteiger partial charge on any atom is 0.321 e. The normalized spacial score (nSPS) is 18.0. The van der Waals surface area contributed by atoms with Crippen molar-refractivity contribution >= 4 is 22.5 Å². The summed E-state index contributed by atoms with van der Waals surface area (Å²) in [6.45, 7) is 8.29. The van der Waals surface area contributed by atoms with Gasteiger partial charge in [0.05, 0.1) is 0 Å². The largest absolute Gasteiger partial charge is 0.335 e. The molecular formula is C13H23N5OS. The molecule has 1 aliphatic heterocycles. The SMILES string of the molecule is CN1CCC(NC(=O)Nc2nnc(C(C)(C)C)s2)CC1. The van der Waals surface area contributed by atoms with Gasteiger partial charge in [0.2, 0.25) is 5.13 Å². The predicted octanol–water partition coefficient (Wildman–Crippen LogP) is 2.05. The molecule has 2 N–H and O–H groups in total. The maximum absolute atomic E-state index is 11.9. The van der Waals surface area contributed by atoms with Crippen molar-refractivity contribution in [3.8, 4) is 0 Å². The Kier molecular flexibility index (Phi) is 4.59. The number of hydrogen-bond acceptors (Lipinski definition) is 5. The summed E-state index contributed by atoms with van der Waals surface area (Å²) in [5.74, 6) is 0. The molecule has 20 heavy (non-hydrogen) atoms. The third-order valence-corrected chi connectivity index (χ3v) is 4.61.